The molecule has 0 bridgehead atoms. The second-order valence-corrected chi connectivity index (χ2v) is 7.73. The number of anilines is 1. The number of allylic oxidation sites excluding steroid dienone is 2. The van der Waals surface area contributed by atoms with Gasteiger partial charge in [0.1, 0.15) is 0 Å². The quantitative estimate of drug-likeness (QED) is 0.398. The summed E-state index contributed by atoms with van der Waals surface area (Å²) in [4.78, 5) is 49.7. The zero-order valence-electron chi connectivity index (χ0n) is 16.5. The largest absolute Gasteiger partial charge is 0.481 e. The van der Waals surface area contributed by atoms with Crippen molar-refractivity contribution >= 4 is 29.4 Å². The van der Waals surface area contributed by atoms with E-state index in [9.17, 15) is 19.2 Å². The topological polar surface area (TPSA) is 104 Å². The van der Waals surface area contributed by atoms with Crippen LogP contribution in [0, 0.1) is 11.8 Å². The molecule has 1 aromatic carbocycles. The molecule has 0 saturated carbocycles. The molecule has 2 N–H and O–H groups in total. The van der Waals surface area contributed by atoms with Crippen molar-refractivity contribution < 1.29 is 24.3 Å². The lowest BCUT2D eigenvalue weighted by molar-refractivity contribution is -0.137. The van der Waals surface area contributed by atoms with Crippen LogP contribution in [0.5, 0.6) is 0 Å². The number of carboxylic acids is 1. The van der Waals surface area contributed by atoms with Crippen molar-refractivity contribution in [3.05, 3.63) is 41.5 Å². The van der Waals surface area contributed by atoms with Gasteiger partial charge in [-0.2, -0.15) is 0 Å². The third-order valence-corrected chi connectivity index (χ3v) is 5.54. The Morgan fingerprint density at radius 3 is 2.66 bits per heavy atom. The zero-order chi connectivity index (χ0) is 21.0. The van der Waals surface area contributed by atoms with Crippen LogP contribution in [0.2, 0.25) is 0 Å². The Bertz CT molecular complexity index is 861. The molecule has 154 valence electrons. The fourth-order valence-corrected chi connectivity index (χ4v) is 3.96. The van der Waals surface area contributed by atoms with Gasteiger partial charge in [0.05, 0.1) is 17.5 Å². The van der Waals surface area contributed by atoms with Gasteiger partial charge in [0, 0.05) is 18.5 Å². The monoisotopic (exact) mass is 398 g/mol. The zero-order valence-corrected chi connectivity index (χ0v) is 16.5. The van der Waals surface area contributed by atoms with Gasteiger partial charge in [-0.25, -0.2) is 0 Å². The van der Waals surface area contributed by atoms with Gasteiger partial charge in [-0.1, -0.05) is 24.1 Å². The molecule has 1 aliphatic heterocycles. The van der Waals surface area contributed by atoms with Crippen LogP contribution < -0.4 is 10.2 Å². The molecule has 1 saturated heterocycles. The Morgan fingerprint density at radius 2 is 1.90 bits per heavy atom. The number of carboxylic acid groups (broad SMARTS) is 1. The molecule has 3 rings (SSSR count). The average Bonchev–Trinajstić information content (AvgIpc) is 2.94. The number of imide groups is 1. The number of rotatable bonds is 8. The maximum atomic E-state index is 12.8. The predicted molar refractivity (Wildman–Crippen MR) is 107 cm³/mol. The minimum absolute atomic E-state index is 0.130. The third kappa shape index (κ3) is 4.72. The van der Waals surface area contributed by atoms with E-state index in [4.69, 9.17) is 5.11 Å². The lowest BCUT2D eigenvalue weighted by Gasteiger charge is -2.18. The van der Waals surface area contributed by atoms with E-state index in [0.29, 0.717) is 43.5 Å². The molecule has 29 heavy (non-hydrogen) atoms. The normalized spacial score (nSPS) is 21.0. The van der Waals surface area contributed by atoms with Gasteiger partial charge in [0.2, 0.25) is 11.8 Å². The first kappa shape index (κ1) is 20.8. The Kier molecular flexibility index (Phi) is 6.46. The van der Waals surface area contributed by atoms with Crippen molar-refractivity contribution in [3.8, 4) is 0 Å². The maximum Gasteiger partial charge on any atom is 0.303 e. The number of nitrogens with zero attached hydrogens (tertiary/aromatic N) is 1. The number of fused-ring (bicyclic) bond motifs is 1. The van der Waals surface area contributed by atoms with Crippen molar-refractivity contribution in [3.63, 3.8) is 0 Å². The summed E-state index contributed by atoms with van der Waals surface area (Å²) in [6, 6.07) is 6.57. The van der Waals surface area contributed by atoms with E-state index < -0.39 is 5.97 Å². The van der Waals surface area contributed by atoms with Gasteiger partial charge in [-0.15, -0.1) is 0 Å². The smallest absolute Gasteiger partial charge is 0.303 e. The molecule has 7 heteroatoms. The van der Waals surface area contributed by atoms with Crippen LogP contribution in [0.4, 0.5) is 5.69 Å². The molecule has 2 aliphatic rings. The van der Waals surface area contributed by atoms with Crippen LogP contribution in [-0.2, 0) is 14.4 Å². The summed E-state index contributed by atoms with van der Waals surface area (Å²) in [5, 5.41) is 11.4. The second-order valence-electron chi connectivity index (χ2n) is 7.73. The molecule has 3 amide bonds. The van der Waals surface area contributed by atoms with Crippen LogP contribution in [0.3, 0.4) is 0 Å². The van der Waals surface area contributed by atoms with Crippen molar-refractivity contribution in [2.24, 2.45) is 11.8 Å². The maximum absolute atomic E-state index is 12.8. The summed E-state index contributed by atoms with van der Waals surface area (Å²) in [5.74, 6) is -2.10. The fraction of sp³-hybridized carbons (Fsp3) is 0.455. The highest BCUT2D eigenvalue weighted by atomic mass is 16.4. The summed E-state index contributed by atoms with van der Waals surface area (Å²) in [6.07, 6.45) is 5.34. The Labute approximate surface area is 169 Å². The molecule has 1 aliphatic carbocycles. The number of unbranched alkanes of at least 4 members (excludes halogenated alkanes) is 2. The molecule has 0 radical (unpaired) electrons. The lowest BCUT2D eigenvalue weighted by Crippen LogP contribution is -2.31. The van der Waals surface area contributed by atoms with Gasteiger partial charge in [-0.05, 0) is 50.8 Å². The van der Waals surface area contributed by atoms with Crippen LogP contribution in [-0.4, -0.2) is 35.3 Å². The molecule has 2 atom stereocenters. The molecule has 7 nitrogen and oxygen atoms in total. The van der Waals surface area contributed by atoms with E-state index >= 15 is 0 Å². The first-order valence-electron chi connectivity index (χ1n) is 10.0. The van der Waals surface area contributed by atoms with Crippen molar-refractivity contribution in [1.29, 1.82) is 0 Å². The molecule has 1 aromatic rings. The highest BCUT2D eigenvalue weighted by Gasteiger charge is 2.48. The average molecular weight is 398 g/mol. The van der Waals surface area contributed by atoms with E-state index in [-0.39, 0.29) is 36.0 Å². The van der Waals surface area contributed by atoms with E-state index in [1.807, 2.05) is 13.0 Å². The Balaban J connectivity index is 1.61. The minimum Gasteiger partial charge on any atom is -0.481 e. The molecule has 1 heterocycles. The molecule has 1 fully saturated rings. The Hall–Kier alpha value is -2.96. The highest BCUT2D eigenvalue weighted by Crippen LogP contribution is 2.39. The summed E-state index contributed by atoms with van der Waals surface area (Å²) < 4.78 is 0. The van der Waals surface area contributed by atoms with Crippen LogP contribution in [0.1, 0.15) is 55.8 Å². The van der Waals surface area contributed by atoms with Gasteiger partial charge in [-0.3, -0.25) is 24.1 Å². The van der Waals surface area contributed by atoms with Crippen LogP contribution >= 0.6 is 0 Å². The number of carbonyl (C=O) groups is 4. The molecule has 0 aromatic heterocycles. The van der Waals surface area contributed by atoms with E-state index in [1.54, 1.807) is 24.3 Å². The van der Waals surface area contributed by atoms with Gasteiger partial charge in [0.15, 0.2) is 0 Å². The van der Waals surface area contributed by atoms with Crippen molar-refractivity contribution in [2.45, 2.75) is 45.4 Å². The highest BCUT2D eigenvalue weighted by molar-refractivity contribution is 6.22. The number of hydrogen-bond acceptors (Lipinski definition) is 4. The number of carbonyl (C=O) groups excluding carboxylic acids is 3. The summed E-state index contributed by atoms with van der Waals surface area (Å²) >= 11 is 0. The number of benzene rings is 1. The minimum atomic E-state index is -0.817. The first-order chi connectivity index (χ1) is 13.9. The Morgan fingerprint density at radius 1 is 1.14 bits per heavy atom. The van der Waals surface area contributed by atoms with Crippen LogP contribution in [0.15, 0.2) is 35.9 Å². The summed E-state index contributed by atoms with van der Waals surface area (Å²) in [7, 11) is 0. The molecule has 0 spiro atoms. The van der Waals surface area contributed by atoms with E-state index in [0.717, 1.165) is 12.0 Å². The third-order valence-electron chi connectivity index (χ3n) is 5.54. The fourth-order valence-electron chi connectivity index (χ4n) is 3.96. The van der Waals surface area contributed by atoms with E-state index in [2.05, 4.69) is 5.32 Å². The van der Waals surface area contributed by atoms with Crippen molar-refractivity contribution in [1.82, 2.24) is 5.32 Å². The molecule has 0 unspecified atom stereocenters. The molecular formula is C22H26N2O5. The lowest BCUT2D eigenvalue weighted by atomic mass is 9.82. The van der Waals surface area contributed by atoms with E-state index in [1.165, 1.54) is 4.90 Å². The molecular weight excluding hydrogens is 372 g/mol. The summed E-state index contributed by atoms with van der Waals surface area (Å²) in [6.45, 7) is 2.42. The van der Waals surface area contributed by atoms with Gasteiger partial charge in [0.25, 0.3) is 5.91 Å². The number of aliphatic carboxylic acids is 1. The summed E-state index contributed by atoms with van der Waals surface area (Å²) in [5.41, 5.74) is 1.95. The van der Waals surface area contributed by atoms with Gasteiger partial charge >= 0.3 is 5.97 Å². The van der Waals surface area contributed by atoms with Crippen molar-refractivity contribution in [2.75, 3.05) is 11.4 Å². The number of amides is 3. The van der Waals surface area contributed by atoms with Gasteiger partial charge < -0.3 is 10.4 Å². The number of nitrogens with one attached hydrogen (secondary N) is 1. The second kappa shape index (κ2) is 9.03. The van der Waals surface area contributed by atoms with Crippen LogP contribution in [0.25, 0.3) is 0 Å². The first-order valence-corrected chi connectivity index (χ1v) is 10.0. The SMILES string of the molecule is CC1=CC[C@H]2C(=O)N(c3cccc(C(=O)NCCCCCC(=O)O)c3)C(=O)[C@H]2C1. The predicted octanol–water partition coefficient (Wildman–Crippen LogP) is 2.91. The standard InChI is InChI=1S/C22H26N2O5/c1-14-9-10-17-18(12-14)22(29)24(21(17)28)16-7-5-6-15(13-16)20(27)23-11-4-2-3-8-19(25)26/h5-7,9,13,17-18H,2-4,8,10-12H2,1H3,(H,23,27)(H,25,26)/t17-,18+/m1/s1. The number of hydrogen-bond donors (Lipinski definition) is 2.